The normalized spacial score (nSPS) is 19.3. The third-order valence-electron chi connectivity index (χ3n) is 2.70. The summed E-state index contributed by atoms with van der Waals surface area (Å²) in [5.41, 5.74) is 4.26. The first-order valence-electron chi connectivity index (χ1n) is 4.70. The minimum Gasteiger partial charge on any atom is -0.319 e. The lowest BCUT2D eigenvalue weighted by Gasteiger charge is -2.41. The van der Waals surface area contributed by atoms with Crippen LogP contribution in [0.1, 0.15) is 11.1 Å². The Labute approximate surface area is 95.6 Å². The van der Waals surface area contributed by atoms with E-state index in [-0.39, 0.29) is 10.6 Å². The molecule has 0 saturated carbocycles. The van der Waals surface area contributed by atoms with Gasteiger partial charge in [-0.3, -0.25) is 0 Å². The van der Waals surface area contributed by atoms with Crippen molar-refractivity contribution >= 4 is 11.6 Å². The van der Waals surface area contributed by atoms with E-state index in [0.29, 0.717) is 13.1 Å². The molecule has 6 heteroatoms. The van der Waals surface area contributed by atoms with E-state index in [9.17, 15) is 13.2 Å². The molecule has 1 fully saturated rings. The SMILES string of the molecule is NC1(c2cc(Cl)ccc2C(F)(F)F)CNC1. The molecule has 2 nitrogen and oxygen atoms in total. The van der Waals surface area contributed by atoms with Crippen LogP contribution in [-0.4, -0.2) is 13.1 Å². The molecule has 3 N–H and O–H groups in total. The first-order chi connectivity index (χ1) is 7.33. The Hall–Kier alpha value is -0.780. The zero-order chi connectivity index (χ0) is 12.0. The van der Waals surface area contributed by atoms with Crippen LogP contribution in [0, 0.1) is 0 Å². The van der Waals surface area contributed by atoms with E-state index in [2.05, 4.69) is 5.32 Å². The average Bonchev–Trinajstić information content (AvgIpc) is 2.12. The van der Waals surface area contributed by atoms with Crippen molar-refractivity contribution in [1.82, 2.24) is 5.32 Å². The maximum Gasteiger partial charge on any atom is 0.416 e. The Kier molecular flexibility index (Phi) is 2.64. The predicted octanol–water partition coefficient (Wildman–Crippen LogP) is 2.12. The number of halogens is 4. The van der Waals surface area contributed by atoms with E-state index in [1.807, 2.05) is 0 Å². The number of hydrogen-bond donors (Lipinski definition) is 2. The molecule has 0 bridgehead atoms. The van der Waals surface area contributed by atoms with Crippen molar-refractivity contribution in [2.24, 2.45) is 5.73 Å². The zero-order valence-corrected chi connectivity index (χ0v) is 8.99. The van der Waals surface area contributed by atoms with Crippen LogP contribution < -0.4 is 11.1 Å². The highest BCUT2D eigenvalue weighted by molar-refractivity contribution is 6.30. The monoisotopic (exact) mass is 250 g/mol. The summed E-state index contributed by atoms with van der Waals surface area (Å²) >= 11 is 5.71. The average molecular weight is 251 g/mol. The van der Waals surface area contributed by atoms with Crippen molar-refractivity contribution in [3.8, 4) is 0 Å². The molecule has 0 radical (unpaired) electrons. The molecule has 0 unspecified atom stereocenters. The van der Waals surface area contributed by atoms with Gasteiger partial charge >= 0.3 is 6.18 Å². The molecule has 88 valence electrons. The fourth-order valence-electron chi connectivity index (χ4n) is 1.76. The second-order valence-electron chi connectivity index (χ2n) is 3.95. The van der Waals surface area contributed by atoms with Crippen molar-refractivity contribution < 1.29 is 13.2 Å². The summed E-state index contributed by atoms with van der Waals surface area (Å²) in [6.45, 7) is 0.660. The quantitative estimate of drug-likeness (QED) is 0.801. The maximum absolute atomic E-state index is 12.8. The van der Waals surface area contributed by atoms with Gasteiger partial charge in [0, 0.05) is 18.1 Å². The summed E-state index contributed by atoms with van der Waals surface area (Å²) in [4.78, 5) is 0. The number of rotatable bonds is 1. The molecule has 1 aliphatic rings. The van der Waals surface area contributed by atoms with Gasteiger partial charge in [0.25, 0.3) is 0 Å². The van der Waals surface area contributed by atoms with Crippen molar-refractivity contribution in [3.63, 3.8) is 0 Å². The van der Waals surface area contributed by atoms with E-state index < -0.39 is 17.3 Å². The molecule has 0 aromatic heterocycles. The molecule has 1 saturated heterocycles. The van der Waals surface area contributed by atoms with Crippen LogP contribution in [0.2, 0.25) is 5.02 Å². The second kappa shape index (κ2) is 3.61. The minimum atomic E-state index is -4.40. The molecular weight excluding hydrogens is 241 g/mol. The molecule has 1 aliphatic heterocycles. The van der Waals surface area contributed by atoms with Crippen LogP contribution in [-0.2, 0) is 11.7 Å². The molecule has 0 amide bonds. The van der Waals surface area contributed by atoms with Gasteiger partial charge in [-0.05, 0) is 23.8 Å². The predicted molar refractivity (Wildman–Crippen MR) is 55.2 cm³/mol. The highest BCUT2D eigenvalue weighted by atomic mass is 35.5. The molecule has 0 atom stereocenters. The second-order valence-corrected chi connectivity index (χ2v) is 4.38. The van der Waals surface area contributed by atoms with E-state index in [4.69, 9.17) is 17.3 Å². The fourth-order valence-corrected chi connectivity index (χ4v) is 1.93. The van der Waals surface area contributed by atoms with E-state index >= 15 is 0 Å². The van der Waals surface area contributed by atoms with Crippen LogP contribution in [0.25, 0.3) is 0 Å². The van der Waals surface area contributed by atoms with Crippen LogP contribution in [0.4, 0.5) is 13.2 Å². The summed E-state index contributed by atoms with van der Waals surface area (Å²) in [7, 11) is 0. The highest BCUT2D eigenvalue weighted by Gasteiger charge is 2.42. The van der Waals surface area contributed by atoms with Gasteiger partial charge in [-0.1, -0.05) is 11.6 Å². The van der Waals surface area contributed by atoms with Crippen molar-refractivity contribution in [1.29, 1.82) is 0 Å². The number of nitrogens with two attached hydrogens (primary N) is 1. The van der Waals surface area contributed by atoms with Gasteiger partial charge in [0.2, 0.25) is 0 Å². The summed E-state index contributed by atoms with van der Waals surface area (Å²) in [5, 5.41) is 3.13. The van der Waals surface area contributed by atoms with E-state index in [1.54, 1.807) is 0 Å². The summed E-state index contributed by atoms with van der Waals surface area (Å²) < 4.78 is 38.3. The number of hydrogen-bond acceptors (Lipinski definition) is 2. The minimum absolute atomic E-state index is 0.0613. The van der Waals surface area contributed by atoms with Crippen molar-refractivity contribution in [2.75, 3.05) is 13.1 Å². The number of alkyl halides is 3. The zero-order valence-electron chi connectivity index (χ0n) is 8.24. The van der Waals surface area contributed by atoms with Crippen LogP contribution in [0.3, 0.4) is 0 Å². The van der Waals surface area contributed by atoms with Crippen molar-refractivity contribution in [2.45, 2.75) is 11.7 Å². The molecule has 1 heterocycles. The Morgan fingerprint density at radius 3 is 2.38 bits per heavy atom. The lowest BCUT2D eigenvalue weighted by atomic mass is 9.82. The van der Waals surface area contributed by atoms with Crippen LogP contribution >= 0.6 is 11.6 Å². The maximum atomic E-state index is 12.8. The Morgan fingerprint density at radius 2 is 1.94 bits per heavy atom. The van der Waals surface area contributed by atoms with Gasteiger partial charge in [-0.15, -0.1) is 0 Å². The topological polar surface area (TPSA) is 38.0 Å². The standard InChI is InChI=1S/C10H10ClF3N2/c11-6-1-2-7(10(12,13)14)8(3-6)9(15)4-16-5-9/h1-3,16H,4-5,15H2. The molecule has 1 aromatic carbocycles. The first-order valence-corrected chi connectivity index (χ1v) is 5.07. The van der Waals surface area contributed by atoms with Gasteiger partial charge in [0.05, 0.1) is 11.1 Å². The molecule has 1 aromatic rings. The number of nitrogens with one attached hydrogen (secondary N) is 1. The lowest BCUT2D eigenvalue weighted by Crippen LogP contribution is -2.63. The molecule has 0 aliphatic carbocycles. The molecular formula is C10H10ClF3N2. The van der Waals surface area contributed by atoms with E-state index in [1.165, 1.54) is 12.1 Å². The largest absolute Gasteiger partial charge is 0.416 e. The lowest BCUT2D eigenvalue weighted by molar-refractivity contribution is -0.139. The van der Waals surface area contributed by atoms with Gasteiger partial charge in [0.15, 0.2) is 0 Å². The van der Waals surface area contributed by atoms with Gasteiger partial charge in [-0.25, -0.2) is 0 Å². The molecule has 16 heavy (non-hydrogen) atoms. The van der Waals surface area contributed by atoms with E-state index in [0.717, 1.165) is 6.07 Å². The Bertz CT molecular complexity index is 413. The summed E-state index contributed by atoms with van der Waals surface area (Å²) in [6.07, 6.45) is -4.40. The van der Waals surface area contributed by atoms with Gasteiger partial charge in [0.1, 0.15) is 0 Å². The Morgan fingerprint density at radius 1 is 1.31 bits per heavy atom. The van der Waals surface area contributed by atoms with Gasteiger partial charge in [-0.2, -0.15) is 13.2 Å². The summed E-state index contributed by atoms with van der Waals surface area (Å²) in [5.74, 6) is 0. The van der Waals surface area contributed by atoms with Gasteiger partial charge < -0.3 is 11.1 Å². The van der Waals surface area contributed by atoms with Crippen LogP contribution in [0.15, 0.2) is 18.2 Å². The smallest absolute Gasteiger partial charge is 0.319 e. The van der Waals surface area contributed by atoms with Crippen molar-refractivity contribution in [3.05, 3.63) is 34.3 Å². The summed E-state index contributed by atoms with van der Waals surface area (Å²) in [6, 6.07) is 3.50. The third kappa shape index (κ3) is 1.90. The third-order valence-corrected chi connectivity index (χ3v) is 2.94. The van der Waals surface area contributed by atoms with Crippen LogP contribution in [0.5, 0.6) is 0 Å². The molecule has 2 rings (SSSR count). The number of benzene rings is 1. The first kappa shape index (κ1) is 11.7. The highest BCUT2D eigenvalue weighted by Crippen LogP contribution is 2.38. The fraction of sp³-hybridized carbons (Fsp3) is 0.400. The molecule has 0 spiro atoms. The Balaban J connectivity index is 2.53.